The van der Waals surface area contributed by atoms with E-state index in [4.69, 9.17) is 9.47 Å². The van der Waals surface area contributed by atoms with Gasteiger partial charge in [-0.05, 0) is 25.8 Å². The van der Waals surface area contributed by atoms with Crippen molar-refractivity contribution in [3.8, 4) is 0 Å². The normalized spacial score (nSPS) is 23.0. The molecule has 0 saturated carbocycles. The molecule has 22 heavy (non-hydrogen) atoms. The summed E-state index contributed by atoms with van der Waals surface area (Å²) in [5, 5.41) is 8.66. The van der Waals surface area contributed by atoms with Gasteiger partial charge in [0.25, 0.3) is 0 Å². The zero-order valence-electron chi connectivity index (χ0n) is 13.6. The molecule has 0 amide bonds. The first kappa shape index (κ1) is 15.6. The van der Waals surface area contributed by atoms with Gasteiger partial charge >= 0.3 is 0 Å². The van der Waals surface area contributed by atoms with Crippen LogP contribution < -0.4 is 0 Å². The Morgan fingerprint density at radius 1 is 1.36 bits per heavy atom. The Kier molecular flexibility index (Phi) is 5.23. The molecule has 0 bridgehead atoms. The van der Waals surface area contributed by atoms with Crippen LogP contribution in [0, 0.1) is 0 Å². The lowest BCUT2D eigenvalue weighted by molar-refractivity contribution is 0.124. The number of rotatable bonds is 5. The maximum absolute atomic E-state index is 5.56. The maximum atomic E-state index is 5.56. The predicted molar refractivity (Wildman–Crippen MR) is 83.6 cm³/mol. The summed E-state index contributed by atoms with van der Waals surface area (Å²) >= 11 is 0. The second-order valence-electron chi connectivity index (χ2n) is 6.05. The van der Waals surface area contributed by atoms with E-state index >= 15 is 0 Å². The van der Waals surface area contributed by atoms with Crippen LogP contribution in [0.15, 0.2) is 11.6 Å². The minimum atomic E-state index is 0.466. The van der Waals surface area contributed by atoms with E-state index in [0.717, 1.165) is 57.3 Å². The molecule has 2 aliphatic heterocycles. The van der Waals surface area contributed by atoms with Crippen LogP contribution in [0.4, 0.5) is 0 Å². The summed E-state index contributed by atoms with van der Waals surface area (Å²) in [4.78, 5) is 2.53. The van der Waals surface area contributed by atoms with E-state index in [1.54, 1.807) is 0 Å². The minimum absolute atomic E-state index is 0.466. The van der Waals surface area contributed by atoms with Crippen LogP contribution in [0.1, 0.15) is 31.9 Å². The van der Waals surface area contributed by atoms with Crippen LogP contribution in [0.5, 0.6) is 0 Å². The smallest absolute Gasteiger partial charge is 0.159 e. The van der Waals surface area contributed by atoms with Crippen LogP contribution in [0.3, 0.4) is 0 Å². The fraction of sp³-hybridized carbons (Fsp3) is 0.750. The molecule has 0 aliphatic carbocycles. The van der Waals surface area contributed by atoms with Gasteiger partial charge in [0.2, 0.25) is 0 Å². The second kappa shape index (κ2) is 7.35. The van der Waals surface area contributed by atoms with Gasteiger partial charge in [0.05, 0.1) is 13.2 Å². The SMILES string of the molecule is CCOCc1nnc2n1CCN(CC1=CCCOC1)[C@H](C)C2. The third-order valence-corrected chi connectivity index (χ3v) is 4.44. The molecule has 122 valence electrons. The van der Waals surface area contributed by atoms with Crippen LogP contribution in [0.25, 0.3) is 0 Å². The number of hydrogen-bond donors (Lipinski definition) is 0. The van der Waals surface area contributed by atoms with E-state index < -0.39 is 0 Å². The van der Waals surface area contributed by atoms with Crippen molar-refractivity contribution in [3.63, 3.8) is 0 Å². The Morgan fingerprint density at radius 3 is 3.05 bits per heavy atom. The molecule has 0 fully saturated rings. The number of fused-ring (bicyclic) bond motifs is 1. The zero-order chi connectivity index (χ0) is 15.4. The highest BCUT2D eigenvalue weighted by Gasteiger charge is 2.24. The molecule has 3 rings (SSSR count). The lowest BCUT2D eigenvalue weighted by atomic mass is 10.1. The third-order valence-electron chi connectivity index (χ3n) is 4.44. The molecular weight excluding hydrogens is 280 g/mol. The molecule has 1 aromatic heterocycles. The van der Waals surface area contributed by atoms with Crippen molar-refractivity contribution in [3.05, 3.63) is 23.3 Å². The Hall–Kier alpha value is -1.24. The van der Waals surface area contributed by atoms with Gasteiger partial charge in [-0.2, -0.15) is 0 Å². The topological polar surface area (TPSA) is 52.4 Å². The zero-order valence-corrected chi connectivity index (χ0v) is 13.6. The molecule has 0 saturated heterocycles. The van der Waals surface area contributed by atoms with Crippen molar-refractivity contribution >= 4 is 0 Å². The van der Waals surface area contributed by atoms with E-state index in [2.05, 4.69) is 32.7 Å². The van der Waals surface area contributed by atoms with E-state index in [1.807, 2.05) is 6.92 Å². The first-order valence-corrected chi connectivity index (χ1v) is 8.26. The van der Waals surface area contributed by atoms with Gasteiger partial charge in [0.15, 0.2) is 5.82 Å². The van der Waals surface area contributed by atoms with Gasteiger partial charge in [-0.25, -0.2) is 0 Å². The molecule has 3 heterocycles. The Morgan fingerprint density at radius 2 is 2.27 bits per heavy atom. The molecule has 6 nitrogen and oxygen atoms in total. The molecule has 0 N–H and O–H groups in total. The molecule has 1 atom stereocenters. The summed E-state index contributed by atoms with van der Waals surface area (Å²) in [6, 6.07) is 0.466. The van der Waals surface area contributed by atoms with Gasteiger partial charge < -0.3 is 14.0 Å². The van der Waals surface area contributed by atoms with Crippen molar-refractivity contribution in [2.45, 2.75) is 45.9 Å². The average molecular weight is 306 g/mol. The highest BCUT2D eigenvalue weighted by Crippen LogP contribution is 2.17. The summed E-state index contributed by atoms with van der Waals surface area (Å²) in [5.74, 6) is 2.03. The van der Waals surface area contributed by atoms with Gasteiger partial charge in [0.1, 0.15) is 12.4 Å². The molecule has 0 radical (unpaired) electrons. The molecule has 0 spiro atoms. The first-order valence-electron chi connectivity index (χ1n) is 8.26. The summed E-state index contributed by atoms with van der Waals surface area (Å²) < 4.78 is 13.3. The number of nitrogens with zero attached hydrogens (tertiary/aromatic N) is 4. The lowest BCUT2D eigenvalue weighted by Crippen LogP contribution is -2.37. The van der Waals surface area contributed by atoms with Crippen molar-refractivity contribution in [1.82, 2.24) is 19.7 Å². The monoisotopic (exact) mass is 306 g/mol. The predicted octanol–water partition coefficient (Wildman–Crippen LogP) is 1.41. The number of aromatic nitrogens is 3. The minimum Gasteiger partial charge on any atom is -0.377 e. The number of ether oxygens (including phenoxy) is 2. The largest absolute Gasteiger partial charge is 0.377 e. The highest BCUT2D eigenvalue weighted by atomic mass is 16.5. The fourth-order valence-corrected chi connectivity index (χ4v) is 3.14. The van der Waals surface area contributed by atoms with E-state index in [-0.39, 0.29) is 0 Å². The Labute approximate surface area is 132 Å². The van der Waals surface area contributed by atoms with Crippen LogP contribution in [-0.4, -0.2) is 58.6 Å². The van der Waals surface area contributed by atoms with Crippen molar-refractivity contribution in [2.24, 2.45) is 0 Å². The fourth-order valence-electron chi connectivity index (χ4n) is 3.14. The average Bonchev–Trinajstić information content (AvgIpc) is 2.84. The highest BCUT2D eigenvalue weighted by molar-refractivity contribution is 5.09. The van der Waals surface area contributed by atoms with E-state index in [1.165, 1.54) is 5.57 Å². The van der Waals surface area contributed by atoms with Gasteiger partial charge in [0, 0.05) is 38.7 Å². The molecule has 0 unspecified atom stereocenters. The molecule has 0 aromatic carbocycles. The van der Waals surface area contributed by atoms with Gasteiger partial charge in [-0.15, -0.1) is 10.2 Å². The Balaban J connectivity index is 1.66. The quantitative estimate of drug-likeness (QED) is 0.770. The van der Waals surface area contributed by atoms with Crippen LogP contribution in [0.2, 0.25) is 0 Å². The van der Waals surface area contributed by atoms with Crippen molar-refractivity contribution in [2.75, 3.05) is 32.9 Å². The summed E-state index contributed by atoms with van der Waals surface area (Å²) in [6.07, 6.45) is 4.32. The summed E-state index contributed by atoms with van der Waals surface area (Å²) in [5.41, 5.74) is 1.41. The molecule has 2 aliphatic rings. The van der Waals surface area contributed by atoms with Crippen molar-refractivity contribution < 1.29 is 9.47 Å². The Bertz CT molecular complexity index is 526. The second-order valence-corrected chi connectivity index (χ2v) is 6.05. The van der Waals surface area contributed by atoms with Crippen LogP contribution >= 0.6 is 0 Å². The first-order chi connectivity index (χ1) is 10.8. The summed E-state index contributed by atoms with van der Waals surface area (Å²) in [6.45, 7) is 10.1. The third kappa shape index (κ3) is 3.56. The molecule has 1 aromatic rings. The molecular formula is C16H26N4O2. The van der Waals surface area contributed by atoms with Crippen molar-refractivity contribution in [1.29, 1.82) is 0 Å². The van der Waals surface area contributed by atoms with Gasteiger partial charge in [-0.1, -0.05) is 6.08 Å². The maximum Gasteiger partial charge on any atom is 0.159 e. The number of hydrogen-bond acceptors (Lipinski definition) is 5. The van der Waals surface area contributed by atoms with Crippen LogP contribution in [-0.2, 0) is 29.0 Å². The molecule has 6 heteroatoms. The standard InChI is InChI=1S/C16H26N4O2/c1-3-21-12-16-18-17-15-9-13(2)19(6-7-20(15)16)10-14-5-4-8-22-11-14/h5,13H,3-4,6-12H2,1-2H3/t13-/m1/s1. The van der Waals surface area contributed by atoms with E-state index in [0.29, 0.717) is 19.3 Å². The lowest BCUT2D eigenvalue weighted by Gasteiger charge is -2.28. The van der Waals surface area contributed by atoms with Gasteiger partial charge in [-0.3, -0.25) is 4.90 Å². The van der Waals surface area contributed by atoms with E-state index in [9.17, 15) is 0 Å². The summed E-state index contributed by atoms with van der Waals surface area (Å²) in [7, 11) is 0.